The Balaban J connectivity index is 1.77. The van der Waals surface area contributed by atoms with Crippen LogP contribution < -0.4 is 4.74 Å². The molecule has 3 rings (SSSR count). The van der Waals surface area contributed by atoms with Gasteiger partial charge < -0.3 is 4.74 Å². The van der Waals surface area contributed by atoms with Gasteiger partial charge in [-0.15, -0.1) is 0 Å². The number of methoxy groups -OCH3 is 1. The normalized spacial score (nSPS) is 13.5. The molecule has 1 aliphatic heterocycles. The summed E-state index contributed by atoms with van der Waals surface area (Å²) >= 11 is 0. The van der Waals surface area contributed by atoms with Gasteiger partial charge in [-0.3, -0.25) is 4.99 Å². The van der Waals surface area contributed by atoms with E-state index in [2.05, 4.69) is 17.1 Å². The summed E-state index contributed by atoms with van der Waals surface area (Å²) in [7, 11) is 1.68. The van der Waals surface area contributed by atoms with E-state index in [-0.39, 0.29) is 5.82 Å². The number of fused-ring (bicyclic) bond motifs is 1. The molecule has 0 aliphatic carbocycles. The second kappa shape index (κ2) is 6.08. The molecule has 2 aromatic carbocycles. The van der Waals surface area contributed by atoms with Crippen LogP contribution in [0.2, 0.25) is 0 Å². The minimum atomic E-state index is -0.191. The van der Waals surface area contributed by atoms with Crippen molar-refractivity contribution in [3.05, 3.63) is 65.0 Å². The van der Waals surface area contributed by atoms with Gasteiger partial charge in [-0.25, -0.2) is 4.39 Å². The highest BCUT2D eigenvalue weighted by Gasteiger charge is 2.15. The predicted molar refractivity (Wildman–Crippen MR) is 82.8 cm³/mol. The van der Waals surface area contributed by atoms with Gasteiger partial charge >= 0.3 is 0 Å². The van der Waals surface area contributed by atoms with Crippen LogP contribution >= 0.6 is 0 Å². The van der Waals surface area contributed by atoms with Crippen molar-refractivity contribution in [2.75, 3.05) is 13.7 Å². The molecule has 0 amide bonds. The lowest BCUT2D eigenvalue weighted by Crippen LogP contribution is -2.14. The fourth-order valence-corrected chi connectivity index (χ4v) is 2.69. The van der Waals surface area contributed by atoms with Gasteiger partial charge in [0.1, 0.15) is 11.6 Å². The second-order valence-electron chi connectivity index (χ2n) is 5.23. The molecule has 0 saturated carbocycles. The first kappa shape index (κ1) is 13.8. The Morgan fingerprint density at radius 1 is 1.10 bits per heavy atom. The van der Waals surface area contributed by atoms with Crippen LogP contribution in [0.1, 0.15) is 23.1 Å². The Bertz CT molecular complexity index is 661. The fourth-order valence-electron chi connectivity index (χ4n) is 2.69. The smallest absolute Gasteiger partial charge is 0.123 e. The van der Waals surface area contributed by atoms with Crippen molar-refractivity contribution in [2.24, 2.45) is 4.99 Å². The first-order valence-electron chi connectivity index (χ1n) is 7.21. The third-order valence-corrected chi connectivity index (χ3v) is 3.88. The summed E-state index contributed by atoms with van der Waals surface area (Å²) in [5, 5.41) is 0. The van der Waals surface area contributed by atoms with Crippen molar-refractivity contribution in [1.82, 2.24) is 0 Å². The number of ether oxygens (including phenoxy) is 1. The van der Waals surface area contributed by atoms with E-state index in [9.17, 15) is 4.39 Å². The monoisotopic (exact) mass is 283 g/mol. The van der Waals surface area contributed by atoms with E-state index in [1.165, 1.54) is 23.3 Å². The van der Waals surface area contributed by atoms with E-state index in [0.717, 1.165) is 42.8 Å². The number of rotatable bonds is 4. The molecule has 0 aromatic heterocycles. The maximum atomic E-state index is 12.9. The van der Waals surface area contributed by atoms with E-state index in [4.69, 9.17) is 4.74 Å². The van der Waals surface area contributed by atoms with Gasteiger partial charge in [0, 0.05) is 17.8 Å². The summed E-state index contributed by atoms with van der Waals surface area (Å²) in [5.41, 5.74) is 4.79. The van der Waals surface area contributed by atoms with Crippen LogP contribution in [0.4, 0.5) is 4.39 Å². The van der Waals surface area contributed by atoms with E-state index in [1.807, 2.05) is 18.2 Å². The number of nitrogens with zero attached hydrogens (tertiary/aromatic N) is 1. The van der Waals surface area contributed by atoms with E-state index < -0.39 is 0 Å². The van der Waals surface area contributed by atoms with Gasteiger partial charge in [0.05, 0.1) is 7.11 Å². The highest BCUT2D eigenvalue weighted by molar-refractivity contribution is 6.03. The third-order valence-electron chi connectivity index (χ3n) is 3.88. The van der Waals surface area contributed by atoms with Crippen LogP contribution in [0.5, 0.6) is 5.75 Å². The van der Waals surface area contributed by atoms with Gasteiger partial charge in [0.2, 0.25) is 0 Å². The predicted octanol–water partition coefficient (Wildman–Crippen LogP) is 3.81. The molecule has 0 N–H and O–H groups in total. The molecular weight excluding hydrogens is 265 g/mol. The molecule has 1 aliphatic rings. The first-order valence-corrected chi connectivity index (χ1v) is 7.21. The first-order chi connectivity index (χ1) is 10.3. The second-order valence-corrected chi connectivity index (χ2v) is 5.23. The minimum Gasteiger partial charge on any atom is -0.497 e. The van der Waals surface area contributed by atoms with E-state index in [1.54, 1.807) is 7.11 Å². The zero-order valence-corrected chi connectivity index (χ0v) is 12.1. The average Bonchev–Trinajstić information content (AvgIpc) is 2.54. The number of aryl methyl sites for hydroxylation is 1. The Labute approximate surface area is 124 Å². The summed E-state index contributed by atoms with van der Waals surface area (Å²) in [6, 6.07) is 12.9. The molecule has 21 heavy (non-hydrogen) atoms. The van der Waals surface area contributed by atoms with Gasteiger partial charge in [-0.1, -0.05) is 18.2 Å². The minimum absolute atomic E-state index is 0.191. The zero-order chi connectivity index (χ0) is 14.7. The lowest BCUT2D eigenvalue weighted by molar-refractivity contribution is 0.414. The van der Waals surface area contributed by atoms with Crippen LogP contribution in [0.3, 0.4) is 0 Å². The van der Waals surface area contributed by atoms with Gasteiger partial charge in [-0.05, 0) is 54.7 Å². The van der Waals surface area contributed by atoms with Crippen molar-refractivity contribution < 1.29 is 9.13 Å². The summed E-state index contributed by atoms with van der Waals surface area (Å²) < 4.78 is 18.2. The van der Waals surface area contributed by atoms with Crippen molar-refractivity contribution >= 4 is 5.71 Å². The van der Waals surface area contributed by atoms with Gasteiger partial charge in [0.25, 0.3) is 0 Å². The molecule has 0 unspecified atom stereocenters. The molecule has 3 heteroatoms. The number of aliphatic imine (C=N–C) groups is 1. The molecule has 1 heterocycles. The quantitative estimate of drug-likeness (QED) is 0.836. The topological polar surface area (TPSA) is 21.6 Å². The van der Waals surface area contributed by atoms with Crippen molar-refractivity contribution in [1.29, 1.82) is 0 Å². The molecule has 2 nitrogen and oxygen atoms in total. The Kier molecular flexibility index (Phi) is 4.00. The number of hydrogen-bond donors (Lipinski definition) is 0. The molecule has 0 spiro atoms. The SMILES string of the molecule is COc1ccc2c(c1)C(CCc1ccc(F)cc1)=NCC2. The molecule has 0 fully saturated rings. The Morgan fingerprint density at radius 3 is 2.67 bits per heavy atom. The zero-order valence-electron chi connectivity index (χ0n) is 12.1. The Morgan fingerprint density at radius 2 is 1.90 bits per heavy atom. The number of halogens is 1. The maximum Gasteiger partial charge on any atom is 0.123 e. The number of benzene rings is 2. The van der Waals surface area contributed by atoms with Crippen LogP contribution in [0.25, 0.3) is 0 Å². The molecule has 108 valence electrons. The standard InChI is InChI=1S/C18H18FNO/c1-21-16-8-5-14-10-11-20-18(17(14)12-16)9-4-13-2-6-15(19)7-3-13/h2-3,5-8,12H,4,9-11H2,1H3. The van der Waals surface area contributed by atoms with E-state index in [0.29, 0.717) is 0 Å². The molecule has 0 saturated heterocycles. The fraction of sp³-hybridized carbons (Fsp3) is 0.278. The number of hydrogen-bond acceptors (Lipinski definition) is 2. The summed E-state index contributed by atoms with van der Waals surface area (Å²) in [4.78, 5) is 4.67. The largest absolute Gasteiger partial charge is 0.497 e. The van der Waals surface area contributed by atoms with Crippen LogP contribution in [0, 0.1) is 5.82 Å². The highest BCUT2D eigenvalue weighted by atomic mass is 19.1. The molecule has 2 aromatic rings. The lowest BCUT2D eigenvalue weighted by atomic mass is 9.93. The van der Waals surface area contributed by atoms with Crippen LogP contribution in [-0.4, -0.2) is 19.4 Å². The lowest BCUT2D eigenvalue weighted by Gasteiger charge is -2.18. The van der Waals surface area contributed by atoms with Crippen molar-refractivity contribution in [3.63, 3.8) is 0 Å². The van der Waals surface area contributed by atoms with E-state index >= 15 is 0 Å². The summed E-state index contributed by atoms with van der Waals surface area (Å²) in [6.45, 7) is 0.845. The van der Waals surface area contributed by atoms with Crippen molar-refractivity contribution in [2.45, 2.75) is 19.3 Å². The molecule has 0 atom stereocenters. The van der Waals surface area contributed by atoms with Crippen LogP contribution in [0.15, 0.2) is 47.5 Å². The maximum absolute atomic E-state index is 12.9. The average molecular weight is 283 g/mol. The van der Waals surface area contributed by atoms with Crippen molar-refractivity contribution in [3.8, 4) is 5.75 Å². The Hall–Kier alpha value is -2.16. The molecular formula is C18H18FNO. The highest BCUT2D eigenvalue weighted by Crippen LogP contribution is 2.24. The summed E-state index contributed by atoms with van der Waals surface area (Å²) in [6.07, 6.45) is 2.72. The molecule has 0 bridgehead atoms. The summed E-state index contributed by atoms with van der Waals surface area (Å²) in [5.74, 6) is 0.675. The third kappa shape index (κ3) is 3.13. The van der Waals surface area contributed by atoms with Crippen LogP contribution in [-0.2, 0) is 12.8 Å². The molecule has 0 radical (unpaired) electrons. The van der Waals surface area contributed by atoms with Gasteiger partial charge in [0.15, 0.2) is 0 Å². The van der Waals surface area contributed by atoms with Gasteiger partial charge in [-0.2, -0.15) is 0 Å².